The van der Waals surface area contributed by atoms with Gasteiger partial charge in [-0.25, -0.2) is 4.39 Å². The molecule has 19 heavy (non-hydrogen) atoms. The van der Waals surface area contributed by atoms with Crippen LogP contribution in [0.4, 0.5) is 4.39 Å². The fourth-order valence-electron chi connectivity index (χ4n) is 1.73. The molecular formula is C15H11Cl2FO. The summed E-state index contributed by atoms with van der Waals surface area (Å²) in [6.07, 6.45) is 0. The third kappa shape index (κ3) is 3.14. The molecule has 98 valence electrons. The molecule has 0 radical (unpaired) electrons. The smallest absolute Gasteiger partial charge is 0.185 e. The normalized spacial score (nSPS) is 12.2. The number of benzene rings is 2. The van der Waals surface area contributed by atoms with Gasteiger partial charge in [0.05, 0.1) is 0 Å². The van der Waals surface area contributed by atoms with Gasteiger partial charge < -0.3 is 0 Å². The Kier molecular flexibility index (Phi) is 4.23. The predicted molar refractivity (Wildman–Crippen MR) is 75.5 cm³/mol. The predicted octanol–water partition coefficient (Wildman–Crippen LogP) is 4.95. The van der Waals surface area contributed by atoms with Crippen LogP contribution in [0.1, 0.15) is 26.9 Å². The first-order chi connectivity index (χ1) is 8.99. The van der Waals surface area contributed by atoms with Crippen LogP contribution in [0.5, 0.6) is 0 Å². The molecule has 0 fully saturated rings. The lowest BCUT2D eigenvalue weighted by molar-refractivity contribution is 0.0987. The monoisotopic (exact) mass is 296 g/mol. The van der Waals surface area contributed by atoms with Gasteiger partial charge in [0.2, 0.25) is 0 Å². The Morgan fingerprint density at radius 1 is 1.16 bits per heavy atom. The van der Waals surface area contributed by atoms with Gasteiger partial charge in [0.15, 0.2) is 5.78 Å². The van der Waals surface area contributed by atoms with Crippen LogP contribution in [-0.2, 0) is 0 Å². The van der Waals surface area contributed by atoms with Crippen LogP contribution in [-0.4, -0.2) is 5.78 Å². The van der Waals surface area contributed by atoms with Gasteiger partial charge in [-0.1, -0.05) is 23.7 Å². The molecule has 4 heteroatoms. The minimum Gasteiger partial charge on any atom is -0.292 e. The number of halogens is 3. The summed E-state index contributed by atoms with van der Waals surface area (Å²) in [6, 6.07) is 10.6. The Labute approximate surface area is 121 Å². The van der Waals surface area contributed by atoms with E-state index in [1.807, 2.05) is 6.92 Å². The van der Waals surface area contributed by atoms with Crippen LogP contribution in [0, 0.1) is 12.7 Å². The zero-order valence-corrected chi connectivity index (χ0v) is 11.7. The second-order valence-corrected chi connectivity index (χ2v) is 5.09. The molecule has 1 nitrogen and oxygen atoms in total. The quantitative estimate of drug-likeness (QED) is 0.578. The summed E-state index contributed by atoms with van der Waals surface area (Å²) < 4.78 is 12.8. The summed E-state index contributed by atoms with van der Waals surface area (Å²) in [5.74, 6) is -0.588. The third-order valence-corrected chi connectivity index (χ3v) is 3.71. The van der Waals surface area contributed by atoms with Crippen LogP contribution < -0.4 is 0 Å². The average molecular weight is 297 g/mol. The molecule has 0 amide bonds. The van der Waals surface area contributed by atoms with Crippen LogP contribution in [0.3, 0.4) is 0 Å². The Balaban J connectivity index is 2.28. The van der Waals surface area contributed by atoms with Crippen LogP contribution in [0.25, 0.3) is 0 Å². The van der Waals surface area contributed by atoms with E-state index in [4.69, 9.17) is 23.2 Å². The third-order valence-electron chi connectivity index (χ3n) is 2.84. The zero-order valence-electron chi connectivity index (χ0n) is 10.2. The van der Waals surface area contributed by atoms with E-state index in [0.29, 0.717) is 16.1 Å². The van der Waals surface area contributed by atoms with Crippen molar-refractivity contribution in [3.8, 4) is 0 Å². The SMILES string of the molecule is Cc1cc(C(=O)C(Cl)c2ccc(F)cc2)ccc1Cl. The van der Waals surface area contributed by atoms with Crippen LogP contribution >= 0.6 is 23.2 Å². The highest BCUT2D eigenvalue weighted by molar-refractivity contribution is 6.34. The van der Waals surface area contributed by atoms with E-state index in [1.165, 1.54) is 24.3 Å². The Hall–Kier alpha value is -1.38. The molecule has 1 atom stereocenters. The van der Waals surface area contributed by atoms with Crippen molar-refractivity contribution in [3.63, 3.8) is 0 Å². The number of carbonyl (C=O) groups excluding carboxylic acids is 1. The van der Waals surface area contributed by atoms with E-state index in [-0.39, 0.29) is 11.6 Å². The highest BCUT2D eigenvalue weighted by atomic mass is 35.5. The number of hydrogen-bond acceptors (Lipinski definition) is 1. The highest BCUT2D eigenvalue weighted by Crippen LogP contribution is 2.27. The minimum absolute atomic E-state index is 0.229. The lowest BCUT2D eigenvalue weighted by atomic mass is 10.0. The number of carbonyl (C=O) groups is 1. The first kappa shape index (κ1) is 14.0. The van der Waals surface area contributed by atoms with Gasteiger partial charge in [0.1, 0.15) is 11.2 Å². The first-order valence-corrected chi connectivity index (χ1v) is 6.50. The van der Waals surface area contributed by atoms with Crippen molar-refractivity contribution in [3.05, 3.63) is 70.0 Å². The molecule has 2 rings (SSSR count). The molecule has 2 aromatic rings. The van der Waals surface area contributed by atoms with Crippen LogP contribution in [0.2, 0.25) is 5.02 Å². The van der Waals surface area contributed by atoms with Crippen molar-refractivity contribution >= 4 is 29.0 Å². The van der Waals surface area contributed by atoms with Crippen molar-refractivity contribution in [1.82, 2.24) is 0 Å². The van der Waals surface area contributed by atoms with E-state index in [1.54, 1.807) is 18.2 Å². The summed E-state index contributed by atoms with van der Waals surface area (Å²) >= 11 is 12.0. The van der Waals surface area contributed by atoms with Gasteiger partial charge >= 0.3 is 0 Å². The number of hydrogen-bond donors (Lipinski definition) is 0. The second-order valence-electron chi connectivity index (χ2n) is 4.24. The van der Waals surface area contributed by atoms with E-state index in [9.17, 15) is 9.18 Å². The molecule has 0 aliphatic carbocycles. The topological polar surface area (TPSA) is 17.1 Å². The summed E-state index contributed by atoms with van der Waals surface area (Å²) in [6.45, 7) is 1.82. The second kappa shape index (κ2) is 5.72. The lowest BCUT2D eigenvalue weighted by Gasteiger charge is -2.10. The molecule has 0 N–H and O–H groups in total. The Bertz CT molecular complexity index is 608. The van der Waals surface area contributed by atoms with E-state index in [0.717, 1.165) is 5.56 Å². The number of ketones is 1. The summed E-state index contributed by atoms with van der Waals surface area (Å²) in [5.41, 5.74) is 1.88. The van der Waals surface area contributed by atoms with Crippen LogP contribution in [0.15, 0.2) is 42.5 Å². The molecule has 0 heterocycles. The number of alkyl halides is 1. The maximum atomic E-state index is 12.8. The maximum absolute atomic E-state index is 12.8. The van der Waals surface area contributed by atoms with Crippen molar-refractivity contribution in [2.75, 3.05) is 0 Å². The van der Waals surface area contributed by atoms with Gasteiger partial charge in [-0.2, -0.15) is 0 Å². The Morgan fingerprint density at radius 3 is 2.37 bits per heavy atom. The highest BCUT2D eigenvalue weighted by Gasteiger charge is 2.19. The van der Waals surface area contributed by atoms with E-state index >= 15 is 0 Å². The minimum atomic E-state index is -0.832. The molecule has 0 saturated heterocycles. The van der Waals surface area contributed by atoms with Crippen molar-refractivity contribution in [2.24, 2.45) is 0 Å². The van der Waals surface area contributed by atoms with Gasteiger partial charge in [0, 0.05) is 10.6 Å². The summed E-state index contributed by atoms with van der Waals surface area (Å²) in [5, 5.41) is -0.231. The molecule has 0 aliphatic rings. The largest absolute Gasteiger partial charge is 0.292 e. The standard InChI is InChI=1S/C15H11Cl2FO/c1-9-8-11(4-7-13(9)16)15(19)14(17)10-2-5-12(18)6-3-10/h2-8,14H,1H3. The number of aryl methyl sites for hydroxylation is 1. The van der Waals surface area contributed by atoms with Gasteiger partial charge in [-0.15, -0.1) is 11.6 Å². The van der Waals surface area contributed by atoms with Crippen molar-refractivity contribution < 1.29 is 9.18 Å². The fraction of sp³-hybridized carbons (Fsp3) is 0.133. The van der Waals surface area contributed by atoms with Gasteiger partial charge in [0.25, 0.3) is 0 Å². The first-order valence-electron chi connectivity index (χ1n) is 5.69. The van der Waals surface area contributed by atoms with Crippen molar-refractivity contribution in [1.29, 1.82) is 0 Å². The number of Topliss-reactive ketones (excluding diaryl/α,β-unsaturated/α-hetero) is 1. The molecule has 0 bridgehead atoms. The lowest BCUT2D eigenvalue weighted by Crippen LogP contribution is -2.07. The zero-order chi connectivity index (χ0) is 14.0. The molecule has 0 aromatic heterocycles. The van der Waals surface area contributed by atoms with E-state index < -0.39 is 5.38 Å². The maximum Gasteiger partial charge on any atom is 0.185 e. The molecule has 0 saturated carbocycles. The molecular weight excluding hydrogens is 286 g/mol. The summed E-state index contributed by atoms with van der Waals surface area (Å²) in [4.78, 5) is 12.2. The molecule has 0 aliphatic heterocycles. The number of rotatable bonds is 3. The molecule has 1 unspecified atom stereocenters. The van der Waals surface area contributed by atoms with Gasteiger partial charge in [-0.3, -0.25) is 4.79 Å². The Morgan fingerprint density at radius 2 is 1.79 bits per heavy atom. The fourth-order valence-corrected chi connectivity index (χ4v) is 2.12. The summed E-state index contributed by atoms with van der Waals surface area (Å²) in [7, 11) is 0. The van der Waals surface area contributed by atoms with Gasteiger partial charge in [-0.05, 0) is 48.4 Å². The van der Waals surface area contributed by atoms with Crippen molar-refractivity contribution in [2.45, 2.75) is 12.3 Å². The average Bonchev–Trinajstić information content (AvgIpc) is 2.41. The van der Waals surface area contributed by atoms with E-state index in [2.05, 4.69) is 0 Å². The molecule has 2 aromatic carbocycles. The molecule has 0 spiro atoms.